The lowest BCUT2D eigenvalue weighted by atomic mass is 9.94. The second kappa shape index (κ2) is 6.64. The molecule has 3 unspecified atom stereocenters. The van der Waals surface area contributed by atoms with E-state index in [-0.39, 0.29) is 12.1 Å². The van der Waals surface area contributed by atoms with Gasteiger partial charge in [-0.15, -0.1) is 0 Å². The summed E-state index contributed by atoms with van der Waals surface area (Å²) in [5, 5.41) is 3.44. The van der Waals surface area contributed by atoms with Crippen molar-refractivity contribution in [3.05, 3.63) is 35.4 Å². The van der Waals surface area contributed by atoms with E-state index in [4.69, 9.17) is 4.74 Å². The fourth-order valence-electron chi connectivity index (χ4n) is 2.74. The van der Waals surface area contributed by atoms with Crippen molar-refractivity contribution in [3.8, 4) is 0 Å². The average molecular weight is 283 g/mol. The van der Waals surface area contributed by atoms with E-state index in [9.17, 15) is 8.78 Å². The van der Waals surface area contributed by atoms with Crippen molar-refractivity contribution in [2.45, 2.75) is 51.8 Å². The van der Waals surface area contributed by atoms with Gasteiger partial charge in [-0.1, -0.05) is 19.9 Å². The molecule has 1 aliphatic heterocycles. The molecule has 2 nitrogen and oxygen atoms in total. The third-order valence-electron chi connectivity index (χ3n) is 3.97. The molecular formula is C16H23F2NO. The Labute approximate surface area is 119 Å². The summed E-state index contributed by atoms with van der Waals surface area (Å²) < 4.78 is 32.4. The van der Waals surface area contributed by atoms with Gasteiger partial charge in [-0.2, -0.15) is 0 Å². The standard InChI is InChI=1S/C16H23F2NO/c1-10(2)16-9-13(6-7-20-16)19-11(3)14-5-4-12(17)8-15(14)18/h4-5,8,10-11,13,16,19H,6-7,9H2,1-3H3. The number of nitrogens with one attached hydrogen (secondary N) is 1. The summed E-state index contributed by atoms with van der Waals surface area (Å²) in [5.74, 6) is -0.542. The first-order chi connectivity index (χ1) is 9.47. The Morgan fingerprint density at radius 1 is 1.25 bits per heavy atom. The molecule has 0 aromatic heterocycles. The van der Waals surface area contributed by atoms with Gasteiger partial charge in [0.15, 0.2) is 0 Å². The fourth-order valence-corrected chi connectivity index (χ4v) is 2.74. The van der Waals surface area contributed by atoms with Gasteiger partial charge in [0.1, 0.15) is 11.6 Å². The summed E-state index contributed by atoms with van der Waals surface area (Å²) in [4.78, 5) is 0. The van der Waals surface area contributed by atoms with Gasteiger partial charge in [0.05, 0.1) is 6.10 Å². The Balaban J connectivity index is 1.98. The number of rotatable bonds is 4. The molecule has 1 saturated heterocycles. The molecule has 1 fully saturated rings. The highest BCUT2D eigenvalue weighted by Gasteiger charge is 2.26. The third kappa shape index (κ3) is 3.76. The SMILES string of the molecule is CC(NC1CCOC(C(C)C)C1)c1ccc(F)cc1F. The zero-order chi connectivity index (χ0) is 14.7. The van der Waals surface area contributed by atoms with Crippen LogP contribution in [-0.2, 0) is 4.74 Å². The van der Waals surface area contributed by atoms with Gasteiger partial charge in [-0.05, 0) is 31.7 Å². The van der Waals surface area contributed by atoms with Crippen molar-refractivity contribution < 1.29 is 13.5 Å². The molecule has 1 aromatic carbocycles. The van der Waals surface area contributed by atoms with Gasteiger partial charge in [0, 0.05) is 30.3 Å². The zero-order valence-electron chi connectivity index (χ0n) is 12.3. The maximum Gasteiger partial charge on any atom is 0.130 e. The Morgan fingerprint density at radius 2 is 2.00 bits per heavy atom. The van der Waals surface area contributed by atoms with Gasteiger partial charge < -0.3 is 10.1 Å². The molecule has 0 spiro atoms. The Hall–Kier alpha value is -1.00. The Kier molecular flexibility index (Phi) is 5.11. The molecule has 0 radical (unpaired) electrons. The minimum absolute atomic E-state index is 0.133. The van der Waals surface area contributed by atoms with Crippen molar-refractivity contribution in [2.24, 2.45) is 5.92 Å². The maximum absolute atomic E-state index is 13.8. The number of halogens is 2. The molecule has 0 amide bonds. The van der Waals surface area contributed by atoms with E-state index >= 15 is 0 Å². The summed E-state index contributed by atoms with van der Waals surface area (Å²) in [6.07, 6.45) is 2.12. The zero-order valence-corrected chi connectivity index (χ0v) is 12.3. The second-order valence-corrected chi connectivity index (χ2v) is 5.93. The molecule has 2 rings (SSSR count). The molecule has 1 N–H and O–H groups in total. The summed E-state index contributed by atoms with van der Waals surface area (Å²) in [6.45, 7) is 6.95. The van der Waals surface area contributed by atoms with E-state index in [0.717, 1.165) is 25.5 Å². The van der Waals surface area contributed by atoms with Crippen LogP contribution in [0.1, 0.15) is 45.2 Å². The molecule has 4 heteroatoms. The van der Waals surface area contributed by atoms with Crippen molar-refractivity contribution >= 4 is 0 Å². The van der Waals surface area contributed by atoms with Crippen LogP contribution in [0.15, 0.2) is 18.2 Å². The molecule has 20 heavy (non-hydrogen) atoms. The summed E-state index contributed by atoms with van der Waals surface area (Å²) in [6, 6.07) is 3.94. The first kappa shape index (κ1) is 15.4. The molecule has 1 aromatic rings. The largest absolute Gasteiger partial charge is 0.378 e. The Bertz CT molecular complexity index is 450. The van der Waals surface area contributed by atoms with E-state index < -0.39 is 11.6 Å². The van der Waals surface area contributed by atoms with Crippen molar-refractivity contribution in [1.29, 1.82) is 0 Å². The van der Waals surface area contributed by atoms with Crippen molar-refractivity contribution in [2.75, 3.05) is 6.61 Å². The normalized spacial score (nSPS) is 24.9. The van der Waals surface area contributed by atoms with Crippen LogP contribution in [0.2, 0.25) is 0 Å². The van der Waals surface area contributed by atoms with Crippen LogP contribution in [-0.4, -0.2) is 18.8 Å². The lowest BCUT2D eigenvalue weighted by Gasteiger charge is -2.34. The fraction of sp³-hybridized carbons (Fsp3) is 0.625. The summed E-state index contributed by atoms with van der Waals surface area (Å²) in [5.41, 5.74) is 0.513. The molecule has 0 saturated carbocycles. The molecule has 0 bridgehead atoms. The molecular weight excluding hydrogens is 260 g/mol. The van der Waals surface area contributed by atoms with Crippen LogP contribution in [0.5, 0.6) is 0 Å². The van der Waals surface area contributed by atoms with Crippen LogP contribution in [0.3, 0.4) is 0 Å². The lowest BCUT2D eigenvalue weighted by molar-refractivity contribution is -0.0257. The van der Waals surface area contributed by atoms with E-state index in [1.165, 1.54) is 12.1 Å². The lowest BCUT2D eigenvalue weighted by Crippen LogP contribution is -2.41. The highest BCUT2D eigenvalue weighted by atomic mass is 19.1. The molecule has 0 aliphatic carbocycles. The van der Waals surface area contributed by atoms with Gasteiger partial charge in [-0.3, -0.25) is 0 Å². The number of hydrogen-bond donors (Lipinski definition) is 1. The summed E-state index contributed by atoms with van der Waals surface area (Å²) in [7, 11) is 0. The first-order valence-electron chi connectivity index (χ1n) is 7.30. The number of hydrogen-bond acceptors (Lipinski definition) is 2. The van der Waals surface area contributed by atoms with Crippen LogP contribution in [0.4, 0.5) is 8.78 Å². The monoisotopic (exact) mass is 283 g/mol. The quantitative estimate of drug-likeness (QED) is 0.907. The highest BCUT2D eigenvalue weighted by molar-refractivity contribution is 5.21. The molecule has 1 aliphatic rings. The molecule has 3 atom stereocenters. The predicted octanol–water partition coefficient (Wildman–Crippen LogP) is 3.82. The van der Waals surface area contributed by atoms with Gasteiger partial charge in [0.2, 0.25) is 0 Å². The van der Waals surface area contributed by atoms with E-state index in [0.29, 0.717) is 17.5 Å². The smallest absolute Gasteiger partial charge is 0.130 e. The van der Waals surface area contributed by atoms with Crippen LogP contribution < -0.4 is 5.32 Å². The van der Waals surface area contributed by atoms with Crippen molar-refractivity contribution in [1.82, 2.24) is 5.32 Å². The van der Waals surface area contributed by atoms with Gasteiger partial charge >= 0.3 is 0 Å². The minimum Gasteiger partial charge on any atom is -0.378 e. The number of ether oxygens (including phenoxy) is 1. The second-order valence-electron chi connectivity index (χ2n) is 5.93. The van der Waals surface area contributed by atoms with E-state index in [1.807, 2.05) is 6.92 Å². The van der Waals surface area contributed by atoms with Crippen LogP contribution in [0, 0.1) is 17.6 Å². The van der Waals surface area contributed by atoms with Gasteiger partial charge in [0.25, 0.3) is 0 Å². The topological polar surface area (TPSA) is 21.3 Å². The first-order valence-corrected chi connectivity index (χ1v) is 7.30. The third-order valence-corrected chi connectivity index (χ3v) is 3.97. The minimum atomic E-state index is -0.538. The highest BCUT2D eigenvalue weighted by Crippen LogP contribution is 2.24. The van der Waals surface area contributed by atoms with E-state index in [1.54, 1.807) is 0 Å². The Morgan fingerprint density at radius 3 is 2.65 bits per heavy atom. The maximum atomic E-state index is 13.8. The summed E-state index contributed by atoms with van der Waals surface area (Å²) >= 11 is 0. The molecule has 1 heterocycles. The van der Waals surface area contributed by atoms with Crippen LogP contribution in [0.25, 0.3) is 0 Å². The van der Waals surface area contributed by atoms with Crippen molar-refractivity contribution in [3.63, 3.8) is 0 Å². The van der Waals surface area contributed by atoms with Crippen LogP contribution >= 0.6 is 0 Å². The number of benzene rings is 1. The average Bonchev–Trinajstić information content (AvgIpc) is 2.38. The van der Waals surface area contributed by atoms with E-state index in [2.05, 4.69) is 19.2 Å². The molecule has 112 valence electrons. The predicted molar refractivity (Wildman–Crippen MR) is 75.5 cm³/mol. The van der Waals surface area contributed by atoms with Gasteiger partial charge in [-0.25, -0.2) is 8.78 Å².